The lowest BCUT2D eigenvalue weighted by molar-refractivity contribution is -0.164. The van der Waals surface area contributed by atoms with E-state index in [2.05, 4.69) is 15.9 Å². The number of allylic oxidation sites excluding steroid dienone is 1. The van der Waals surface area contributed by atoms with Crippen LogP contribution in [0.5, 0.6) is 0 Å². The van der Waals surface area contributed by atoms with Gasteiger partial charge in [-0.25, -0.2) is 0 Å². The first-order chi connectivity index (χ1) is 22.2. The molecule has 1 aromatic carbocycles. The molecule has 2 saturated heterocycles. The molecule has 6 rings (SSSR count). The van der Waals surface area contributed by atoms with Crippen LogP contribution in [0.1, 0.15) is 70.0 Å². The van der Waals surface area contributed by atoms with Gasteiger partial charge in [-0.3, -0.25) is 19.2 Å². The number of fused-ring (bicyclic) bond motifs is 2. The highest BCUT2D eigenvalue weighted by atomic mass is 79.9. The van der Waals surface area contributed by atoms with E-state index in [1.54, 1.807) is 11.9 Å². The maximum Gasteiger partial charge on any atom is 0.313 e. The zero-order valence-electron chi connectivity index (χ0n) is 26.6. The van der Waals surface area contributed by atoms with Gasteiger partial charge in [-0.2, -0.15) is 0 Å². The second-order valence-corrected chi connectivity index (χ2v) is 14.2. The van der Waals surface area contributed by atoms with Gasteiger partial charge in [-0.1, -0.05) is 77.7 Å². The van der Waals surface area contributed by atoms with Crippen molar-refractivity contribution in [3.05, 3.63) is 58.6 Å². The molecule has 1 aliphatic carbocycles. The highest BCUT2D eigenvalue weighted by Crippen LogP contribution is 2.59. The minimum Gasteiger partial charge on any atom is -0.455 e. The highest BCUT2D eigenvalue weighted by Gasteiger charge is 2.75. The van der Waals surface area contributed by atoms with Gasteiger partial charge in [0.25, 0.3) is 0 Å². The lowest BCUT2D eigenvalue weighted by atomic mass is 9.74. The van der Waals surface area contributed by atoms with Crippen LogP contribution in [0.15, 0.2) is 53.0 Å². The summed E-state index contributed by atoms with van der Waals surface area (Å²) in [6.45, 7) is 2.22. The molecule has 3 amide bonds. The van der Waals surface area contributed by atoms with Gasteiger partial charge in [0.1, 0.15) is 29.8 Å². The van der Waals surface area contributed by atoms with E-state index in [0.29, 0.717) is 23.9 Å². The van der Waals surface area contributed by atoms with Gasteiger partial charge in [0.15, 0.2) is 0 Å². The number of aliphatic hydroxyl groups excluding tert-OH is 1. The SMILES string of the molecule is C[C@H]1[C@H](c2ccccc2)OC(=O)[C@H]2[C@@H]3O[C@@]4(C=C3Br)[C@@H]2C(=O)N(CCCO)[C@@H]4C(=O)N(C2CCCCC2)C/C=C\CCC(=O)N1C. The van der Waals surface area contributed by atoms with Crippen LogP contribution in [-0.4, -0.2) is 100 Å². The summed E-state index contributed by atoms with van der Waals surface area (Å²) in [6, 6.07) is 7.82. The van der Waals surface area contributed by atoms with Crippen LogP contribution in [-0.2, 0) is 28.7 Å². The Morgan fingerprint density at radius 2 is 1.74 bits per heavy atom. The monoisotopic (exact) mass is 697 g/mol. The van der Waals surface area contributed by atoms with Crippen molar-refractivity contribution in [1.29, 1.82) is 0 Å². The van der Waals surface area contributed by atoms with Crippen molar-refractivity contribution in [2.45, 2.75) is 94.2 Å². The smallest absolute Gasteiger partial charge is 0.313 e. The second-order valence-electron chi connectivity index (χ2n) is 13.2. The molecular weight excluding hydrogens is 654 g/mol. The molecule has 1 aromatic rings. The zero-order valence-corrected chi connectivity index (χ0v) is 28.1. The molecule has 248 valence electrons. The molecule has 10 nitrogen and oxygen atoms in total. The van der Waals surface area contributed by atoms with Crippen LogP contribution >= 0.6 is 15.9 Å². The van der Waals surface area contributed by atoms with Crippen LogP contribution in [0, 0.1) is 11.8 Å². The van der Waals surface area contributed by atoms with E-state index in [9.17, 15) is 24.3 Å². The topological polar surface area (TPSA) is 117 Å². The second kappa shape index (κ2) is 13.6. The summed E-state index contributed by atoms with van der Waals surface area (Å²) < 4.78 is 13.5. The number of hydrogen-bond donors (Lipinski definition) is 1. The van der Waals surface area contributed by atoms with Gasteiger partial charge >= 0.3 is 5.97 Å². The van der Waals surface area contributed by atoms with Gasteiger partial charge in [-0.05, 0) is 44.2 Å². The number of benzene rings is 1. The van der Waals surface area contributed by atoms with Crippen molar-refractivity contribution in [1.82, 2.24) is 14.7 Å². The highest BCUT2D eigenvalue weighted by molar-refractivity contribution is 9.11. The summed E-state index contributed by atoms with van der Waals surface area (Å²) in [4.78, 5) is 61.9. The van der Waals surface area contributed by atoms with E-state index < -0.39 is 47.7 Å². The first-order valence-electron chi connectivity index (χ1n) is 16.6. The van der Waals surface area contributed by atoms with Gasteiger partial charge in [-0.15, -0.1) is 0 Å². The summed E-state index contributed by atoms with van der Waals surface area (Å²) in [6.07, 6.45) is 10.1. The van der Waals surface area contributed by atoms with Gasteiger partial charge < -0.3 is 29.3 Å². The Morgan fingerprint density at radius 3 is 2.46 bits per heavy atom. The largest absolute Gasteiger partial charge is 0.455 e. The number of carbonyl (C=O) groups is 4. The molecule has 1 spiro atoms. The van der Waals surface area contributed by atoms with E-state index in [0.717, 1.165) is 37.7 Å². The van der Waals surface area contributed by atoms with E-state index in [1.165, 1.54) is 4.90 Å². The Hall–Kier alpha value is -3.02. The summed E-state index contributed by atoms with van der Waals surface area (Å²) >= 11 is 3.62. The number of amides is 3. The quantitative estimate of drug-likeness (QED) is 0.367. The van der Waals surface area contributed by atoms with Crippen LogP contribution in [0.25, 0.3) is 0 Å². The fraction of sp³-hybridized carbons (Fsp3) is 0.600. The summed E-state index contributed by atoms with van der Waals surface area (Å²) in [5.41, 5.74) is -0.630. The number of hydrogen-bond acceptors (Lipinski definition) is 7. The Labute approximate surface area is 278 Å². The van der Waals surface area contributed by atoms with Crippen molar-refractivity contribution in [3.63, 3.8) is 0 Å². The van der Waals surface area contributed by atoms with E-state index in [4.69, 9.17) is 9.47 Å². The third-order valence-electron chi connectivity index (χ3n) is 10.6. The molecule has 4 heterocycles. The maximum absolute atomic E-state index is 14.8. The van der Waals surface area contributed by atoms with E-state index in [-0.39, 0.29) is 43.3 Å². The molecule has 4 aliphatic heterocycles. The lowest BCUT2D eigenvalue weighted by Gasteiger charge is -2.40. The zero-order chi connectivity index (χ0) is 32.6. The Balaban J connectivity index is 1.45. The van der Waals surface area contributed by atoms with Crippen LogP contribution in [0.4, 0.5) is 0 Å². The molecule has 1 N–H and O–H groups in total. The third kappa shape index (κ3) is 5.72. The molecule has 0 aromatic heterocycles. The molecule has 7 atom stereocenters. The molecule has 0 unspecified atom stereocenters. The number of likely N-dealkylation sites (N-methyl/N-ethyl adjacent to an activating group) is 1. The molecule has 5 aliphatic rings. The number of ether oxygens (including phenoxy) is 2. The number of carbonyl (C=O) groups excluding carboxylic acids is 4. The number of likely N-dealkylation sites (tertiary alicyclic amines) is 1. The van der Waals surface area contributed by atoms with Gasteiger partial charge in [0.2, 0.25) is 17.7 Å². The van der Waals surface area contributed by atoms with Crippen molar-refractivity contribution < 1.29 is 33.8 Å². The summed E-state index contributed by atoms with van der Waals surface area (Å²) in [5.74, 6) is -3.22. The first-order valence-corrected chi connectivity index (χ1v) is 17.4. The fourth-order valence-electron chi connectivity index (χ4n) is 8.13. The van der Waals surface area contributed by atoms with Crippen molar-refractivity contribution in [3.8, 4) is 0 Å². The minimum atomic E-state index is -1.36. The molecule has 11 heteroatoms. The average Bonchev–Trinajstić information content (AvgIpc) is 3.66. The molecular formula is C35H44BrN3O7. The third-order valence-corrected chi connectivity index (χ3v) is 11.3. The Morgan fingerprint density at radius 1 is 1.00 bits per heavy atom. The first kappa shape index (κ1) is 32.9. The van der Waals surface area contributed by atoms with Crippen molar-refractivity contribution in [2.24, 2.45) is 11.8 Å². The molecule has 46 heavy (non-hydrogen) atoms. The Bertz CT molecular complexity index is 1400. The average molecular weight is 699 g/mol. The predicted octanol–water partition coefficient (Wildman–Crippen LogP) is 3.88. The van der Waals surface area contributed by atoms with Crippen molar-refractivity contribution >= 4 is 39.6 Å². The summed E-state index contributed by atoms with van der Waals surface area (Å²) in [5, 5.41) is 9.74. The predicted molar refractivity (Wildman–Crippen MR) is 173 cm³/mol. The van der Waals surface area contributed by atoms with Crippen molar-refractivity contribution in [2.75, 3.05) is 26.7 Å². The molecule has 5 bridgehead atoms. The molecule has 3 fully saturated rings. The number of cyclic esters (lactones) is 1. The number of halogens is 1. The van der Waals surface area contributed by atoms with Crippen LogP contribution < -0.4 is 0 Å². The number of nitrogens with zero attached hydrogens (tertiary/aromatic N) is 3. The number of aliphatic hydroxyl groups is 1. The minimum absolute atomic E-state index is 0.00487. The maximum atomic E-state index is 14.8. The van der Waals surface area contributed by atoms with E-state index >= 15 is 0 Å². The molecule has 0 radical (unpaired) electrons. The van der Waals surface area contributed by atoms with Crippen LogP contribution in [0.3, 0.4) is 0 Å². The molecule has 1 saturated carbocycles. The lowest BCUT2D eigenvalue weighted by Crippen LogP contribution is -2.58. The van der Waals surface area contributed by atoms with E-state index in [1.807, 2.05) is 60.4 Å². The fourth-order valence-corrected chi connectivity index (χ4v) is 8.86. The normalized spacial score (nSPS) is 35.0. The standard InChI is InChI=1S/C35H44BrN3O7/c1-22-29(23-13-6-3-7-14-23)45-34(44)27-28-32(42)39(19-12-20-40)31(35(28)21-25(36)30(27)46-35)33(43)38(24-15-8-4-9-16-24)18-11-5-10-17-26(41)37(22)2/h3,5-7,11,13-14,21-22,24,27-31,40H,4,8-10,12,15-20H2,1-2H3/b11-5-/t22-,27+,28-,29+,30+,31+,35-/m0/s1. The summed E-state index contributed by atoms with van der Waals surface area (Å²) in [7, 11) is 1.72. The number of rotatable bonds is 5. The van der Waals surface area contributed by atoms with Crippen LogP contribution in [0.2, 0.25) is 0 Å². The Kier molecular flexibility index (Phi) is 9.73. The van der Waals surface area contributed by atoms with Gasteiger partial charge in [0, 0.05) is 43.7 Å². The van der Waals surface area contributed by atoms with Gasteiger partial charge in [0.05, 0.1) is 12.0 Å². The number of esters is 1.